The van der Waals surface area contributed by atoms with Crippen molar-refractivity contribution in [3.63, 3.8) is 0 Å². The van der Waals surface area contributed by atoms with E-state index in [0.29, 0.717) is 18.9 Å². The third-order valence-corrected chi connectivity index (χ3v) is 2.12. The van der Waals surface area contributed by atoms with E-state index in [-0.39, 0.29) is 5.92 Å². The van der Waals surface area contributed by atoms with Crippen LogP contribution >= 0.6 is 0 Å². The fraction of sp³-hybridized carbons (Fsp3) is 0.750. The van der Waals surface area contributed by atoms with Gasteiger partial charge in [-0.2, -0.15) is 0 Å². The van der Waals surface area contributed by atoms with E-state index in [1.165, 1.54) is 6.34 Å². The number of hydrogen-bond donors (Lipinski definition) is 1. The SMILES string of the molecule is CN=CN=C(N)C1CCCN([O-])C1. The molecule has 0 radical (unpaired) electrons. The summed E-state index contributed by atoms with van der Waals surface area (Å²) in [6.07, 6.45) is 3.26. The highest BCUT2D eigenvalue weighted by atomic mass is 16.5. The summed E-state index contributed by atoms with van der Waals surface area (Å²) < 4.78 is 0. The predicted octanol–water partition coefficient (Wildman–Crippen LogP) is 0.212. The van der Waals surface area contributed by atoms with Crippen LogP contribution in [0.25, 0.3) is 0 Å². The van der Waals surface area contributed by atoms with Crippen molar-refractivity contribution in [1.29, 1.82) is 0 Å². The number of hydroxylamine groups is 2. The highest BCUT2D eigenvalue weighted by Crippen LogP contribution is 2.15. The number of rotatable bonds is 2. The summed E-state index contributed by atoms with van der Waals surface area (Å²) in [4.78, 5) is 7.64. The Bertz CT molecular complexity index is 214. The van der Waals surface area contributed by atoms with Gasteiger partial charge in [-0.3, -0.25) is 4.99 Å². The average molecular weight is 183 g/mol. The first-order chi connectivity index (χ1) is 6.24. The summed E-state index contributed by atoms with van der Waals surface area (Å²) in [5.74, 6) is 0.621. The van der Waals surface area contributed by atoms with E-state index >= 15 is 0 Å². The van der Waals surface area contributed by atoms with Gasteiger partial charge in [-0.25, -0.2) is 4.99 Å². The van der Waals surface area contributed by atoms with Gasteiger partial charge in [-0.05, 0) is 25.9 Å². The molecule has 1 unspecified atom stereocenters. The monoisotopic (exact) mass is 183 g/mol. The smallest absolute Gasteiger partial charge is 0.111 e. The molecular formula is C8H15N4O-. The molecule has 1 fully saturated rings. The summed E-state index contributed by atoms with van der Waals surface area (Å²) in [6, 6.07) is 0. The summed E-state index contributed by atoms with van der Waals surface area (Å²) in [7, 11) is 1.64. The van der Waals surface area contributed by atoms with Crippen LogP contribution < -0.4 is 5.73 Å². The van der Waals surface area contributed by atoms with Crippen LogP contribution in [0.15, 0.2) is 9.98 Å². The lowest BCUT2D eigenvalue weighted by molar-refractivity contribution is 0.276. The van der Waals surface area contributed by atoms with Crippen molar-refractivity contribution in [2.24, 2.45) is 21.6 Å². The molecule has 0 amide bonds. The molecule has 0 aromatic heterocycles. The van der Waals surface area contributed by atoms with E-state index in [4.69, 9.17) is 5.73 Å². The van der Waals surface area contributed by atoms with Gasteiger partial charge in [0.15, 0.2) is 0 Å². The van der Waals surface area contributed by atoms with Crippen LogP contribution in [0.3, 0.4) is 0 Å². The molecule has 0 aromatic rings. The summed E-state index contributed by atoms with van der Waals surface area (Å²) in [5.41, 5.74) is 5.69. The molecular weight excluding hydrogens is 168 g/mol. The average Bonchev–Trinajstić information content (AvgIpc) is 2.14. The Kier molecular flexibility index (Phi) is 3.85. The quantitative estimate of drug-likeness (QED) is 0.491. The van der Waals surface area contributed by atoms with Crippen LogP contribution in [0.1, 0.15) is 12.8 Å². The van der Waals surface area contributed by atoms with Gasteiger partial charge in [0.05, 0.1) is 0 Å². The Labute approximate surface area is 77.9 Å². The third-order valence-electron chi connectivity index (χ3n) is 2.12. The molecule has 1 rings (SSSR count). The molecule has 5 nitrogen and oxygen atoms in total. The molecule has 1 saturated heterocycles. The van der Waals surface area contributed by atoms with Crippen LogP contribution in [0.2, 0.25) is 0 Å². The second-order valence-corrected chi connectivity index (χ2v) is 3.15. The number of hydrogen-bond acceptors (Lipinski definition) is 3. The first kappa shape index (κ1) is 10.1. The van der Waals surface area contributed by atoms with Crippen molar-refractivity contribution < 1.29 is 0 Å². The van der Waals surface area contributed by atoms with Crippen molar-refractivity contribution in [2.45, 2.75) is 12.8 Å². The van der Waals surface area contributed by atoms with Crippen LogP contribution in [-0.4, -0.2) is 37.4 Å². The minimum atomic E-state index is 0.101. The highest BCUT2D eigenvalue weighted by Gasteiger charge is 2.17. The van der Waals surface area contributed by atoms with Gasteiger partial charge in [-0.15, -0.1) is 0 Å². The topological polar surface area (TPSA) is 77.0 Å². The number of nitrogens with zero attached hydrogens (tertiary/aromatic N) is 3. The van der Waals surface area contributed by atoms with Gasteiger partial charge in [0.1, 0.15) is 12.2 Å². The lowest BCUT2D eigenvalue weighted by atomic mass is 9.98. The van der Waals surface area contributed by atoms with E-state index in [9.17, 15) is 5.21 Å². The third kappa shape index (κ3) is 3.12. The minimum Gasteiger partial charge on any atom is -0.785 e. The molecule has 5 heteroatoms. The summed E-state index contributed by atoms with van der Waals surface area (Å²) in [5, 5.41) is 12.1. The molecule has 1 aliphatic heterocycles. The van der Waals surface area contributed by atoms with Gasteiger partial charge in [0.25, 0.3) is 0 Å². The van der Waals surface area contributed by atoms with E-state index < -0.39 is 0 Å². The fourth-order valence-corrected chi connectivity index (χ4v) is 1.41. The maximum atomic E-state index is 11.0. The maximum Gasteiger partial charge on any atom is 0.111 e. The molecule has 0 spiro atoms. The van der Waals surface area contributed by atoms with E-state index in [1.807, 2.05) is 0 Å². The number of amidine groups is 1. The van der Waals surface area contributed by atoms with Gasteiger partial charge in [0, 0.05) is 13.0 Å². The zero-order valence-corrected chi connectivity index (χ0v) is 7.81. The Morgan fingerprint density at radius 1 is 1.69 bits per heavy atom. The van der Waals surface area contributed by atoms with Crippen LogP contribution in [-0.2, 0) is 0 Å². The molecule has 1 aliphatic rings. The molecule has 0 aromatic carbocycles. The fourth-order valence-electron chi connectivity index (χ4n) is 1.41. The van der Waals surface area contributed by atoms with Crippen molar-refractivity contribution in [2.75, 3.05) is 20.1 Å². The Balaban J connectivity index is 2.50. The van der Waals surface area contributed by atoms with E-state index in [0.717, 1.165) is 17.9 Å². The van der Waals surface area contributed by atoms with Crippen LogP contribution in [0.5, 0.6) is 0 Å². The maximum absolute atomic E-state index is 11.0. The number of nitrogens with two attached hydrogens (primary N) is 1. The Morgan fingerprint density at radius 3 is 3.08 bits per heavy atom. The van der Waals surface area contributed by atoms with E-state index in [1.54, 1.807) is 7.05 Å². The lowest BCUT2D eigenvalue weighted by Gasteiger charge is -2.36. The lowest BCUT2D eigenvalue weighted by Crippen LogP contribution is -2.38. The van der Waals surface area contributed by atoms with Crippen molar-refractivity contribution in [3.05, 3.63) is 5.21 Å². The summed E-state index contributed by atoms with van der Waals surface area (Å²) >= 11 is 0. The zero-order chi connectivity index (χ0) is 9.68. The van der Waals surface area contributed by atoms with Crippen molar-refractivity contribution in [3.8, 4) is 0 Å². The molecule has 0 saturated carbocycles. The zero-order valence-electron chi connectivity index (χ0n) is 7.81. The van der Waals surface area contributed by atoms with Gasteiger partial charge in [0.2, 0.25) is 0 Å². The highest BCUT2D eigenvalue weighted by molar-refractivity contribution is 5.89. The number of aliphatic imine (C=N–C) groups is 2. The first-order valence-corrected chi connectivity index (χ1v) is 4.40. The normalized spacial score (nSPS) is 26.9. The molecule has 1 atom stereocenters. The van der Waals surface area contributed by atoms with Crippen LogP contribution in [0, 0.1) is 11.1 Å². The molecule has 0 bridgehead atoms. The number of piperidine rings is 1. The Hall–Kier alpha value is -0.940. The minimum absolute atomic E-state index is 0.101. The largest absolute Gasteiger partial charge is 0.785 e. The predicted molar refractivity (Wildman–Crippen MR) is 53.7 cm³/mol. The first-order valence-electron chi connectivity index (χ1n) is 4.40. The van der Waals surface area contributed by atoms with E-state index in [2.05, 4.69) is 9.98 Å². The Morgan fingerprint density at radius 2 is 2.46 bits per heavy atom. The summed E-state index contributed by atoms with van der Waals surface area (Å²) in [6.45, 7) is 1.08. The molecule has 13 heavy (non-hydrogen) atoms. The standard InChI is InChI=1S/C8H15N4O/c1-10-6-11-8(9)7-3-2-4-12(13)5-7/h6-7H,2-5H2,1H3,(H2,9,10,11)/q-1. The van der Waals surface area contributed by atoms with Crippen LogP contribution in [0.4, 0.5) is 0 Å². The molecule has 74 valence electrons. The second-order valence-electron chi connectivity index (χ2n) is 3.15. The molecule has 2 N–H and O–H groups in total. The van der Waals surface area contributed by atoms with Gasteiger partial charge >= 0.3 is 0 Å². The van der Waals surface area contributed by atoms with Gasteiger partial charge < -0.3 is 16.0 Å². The van der Waals surface area contributed by atoms with Crippen molar-refractivity contribution >= 4 is 12.2 Å². The molecule has 0 aliphatic carbocycles. The second kappa shape index (κ2) is 4.94. The van der Waals surface area contributed by atoms with Gasteiger partial charge in [-0.1, -0.05) is 0 Å². The molecule has 1 heterocycles. The van der Waals surface area contributed by atoms with Crippen molar-refractivity contribution in [1.82, 2.24) is 5.06 Å².